The van der Waals surface area contributed by atoms with Crippen molar-refractivity contribution in [2.45, 2.75) is 5.41 Å². The minimum absolute atomic E-state index is 0.646. The Hall–Kier alpha value is -2.81. The van der Waals surface area contributed by atoms with E-state index in [1.165, 1.54) is 0 Å². The summed E-state index contributed by atoms with van der Waals surface area (Å²) in [5.41, 5.74) is 0.871. The van der Waals surface area contributed by atoms with E-state index >= 15 is 0 Å². The number of hydrogen-bond donors (Lipinski definition) is 2. The van der Waals surface area contributed by atoms with Crippen LogP contribution in [-0.4, -0.2) is 16.1 Å². The highest BCUT2D eigenvalue weighted by atomic mass is 16.4. The second-order valence-corrected chi connectivity index (χ2v) is 4.87. The van der Waals surface area contributed by atoms with Gasteiger partial charge in [-0.3, -0.25) is 4.79 Å². The van der Waals surface area contributed by atoms with E-state index in [1.807, 2.05) is 72.8 Å². The minimum Gasteiger partial charge on any atom is -0.480 e. The Kier molecular flexibility index (Phi) is 3.32. The van der Waals surface area contributed by atoms with E-state index in [0.717, 1.165) is 11.1 Å². The molecule has 0 aliphatic rings. The number of rotatable bonds is 4. The van der Waals surface area contributed by atoms with E-state index in [4.69, 9.17) is 0 Å². The van der Waals surface area contributed by atoms with Crippen molar-refractivity contribution in [2.75, 3.05) is 0 Å². The van der Waals surface area contributed by atoms with Gasteiger partial charge in [0.05, 0.1) is 0 Å². The van der Waals surface area contributed by atoms with Gasteiger partial charge in [-0.15, -0.1) is 0 Å². The average molecular weight is 277 g/mol. The molecule has 1 heterocycles. The molecule has 3 heteroatoms. The van der Waals surface area contributed by atoms with Crippen LogP contribution in [0.5, 0.6) is 0 Å². The van der Waals surface area contributed by atoms with Crippen LogP contribution < -0.4 is 0 Å². The highest BCUT2D eigenvalue weighted by Crippen LogP contribution is 2.38. The molecule has 3 aromatic rings. The first kappa shape index (κ1) is 13.2. The van der Waals surface area contributed by atoms with Crippen LogP contribution in [0.3, 0.4) is 0 Å². The zero-order chi connectivity index (χ0) is 14.7. The first-order valence-electron chi connectivity index (χ1n) is 6.74. The fourth-order valence-electron chi connectivity index (χ4n) is 2.78. The number of carboxylic acid groups (broad SMARTS) is 1. The summed E-state index contributed by atoms with van der Waals surface area (Å²) in [7, 11) is 0. The molecule has 0 amide bonds. The monoisotopic (exact) mass is 277 g/mol. The second kappa shape index (κ2) is 5.29. The van der Waals surface area contributed by atoms with Crippen LogP contribution in [-0.2, 0) is 10.2 Å². The molecule has 0 unspecified atom stereocenters. The molecule has 0 saturated heterocycles. The third-order valence-corrected chi connectivity index (χ3v) is 3.74. The Labute approximate surface area is 122 Å². The molecule has 2 aromatic carbocycles. The maximum Gasteiger partial charge on any atom is 0.324 e. The van der Waals surface area contributed by atoms with Gasteiger partial charge in [-0.05, 0) is 23.3 Å². The summed E-state index contributed by atoms with van der Waals surface area (Å²) in [5, 5.41) is 10.1. The zero-order valence-corrected chi connectivity index (χ0v) is 11.4. The Morgan fingerprint density at radius 1 is 0.810 bits per heavy atom. The Morgan fingerprint density at radius 2 is 1.33 bits per heavy atom. The van der Waals surface area contributed by atoms with Crippen molar-refractivity contribution in [3.05, 3.63) is 95.8 Å². The van der Waals surface area contributed by atoms with Crippen LogP contribution in [0.1, 0.15) is 16.8 Å². The lowest BCUT2D eigenvalue weighted by Gasteiger charge is -2.30. The van der Waals surface area contributed by atoms with Gasteiger partial charge < -0.3 is 10.1 Å². The molecule has 0 aliphatic heterocycles. The van der Waals surface area contributed by atoms with Gasteiger partial charge in [-0.2, -0.15) is 0 Å². The lowest BCUT2D eigenvalue weighted by atomic mass is 9.72. The van der Waals surface area contributed by atoms with E-state index in [0.29, 0.717) is 5.69 Å². The van der Waals surface area contributed by atoms with Crippen LogP contribution in [0.15, 0.2) is 79.0 Å². The van der Waals surface area contributed by atoms with E-state index in [2.05, 4.69) is 4.98 Å². The number of hydrogen-bond acceptors (Lipinski definition) is 1. The summed E-state index contributed by atoms with van der Waals surface area (Å²) in [6, 6.07) is 22.2. The number of carboxylic acids is 1. The minimum atomic E-state index is -1.23. The molecule has 0 saturated carbocycles. The van der Waals surface area contributed by atoms with Crippen molar-refractivity contribution in [1.29, 1.82) is 0 Å². The van der Waals surface area contributed by atoms with Gasteiger partial charge in [0.25, 0.3) is 0 Å². The van der Waals surface area contributed by atoms with Crippen LogP contribution in [0.4, 0.5) is 0 Å². The number of aromatic nitrogens is 1. The summed E-state index contributed by atoms with van der Waals surface area (Å²) >= 11 is 0. The van der Waals surface area contributed by atoms with Gasteiger partial charge in [0.15, 0.2) is 5.41 Å². The number of H-pyrrole nitrogens is 1. The van der Waals surface area contributed by atoms with Crippen LogP contribution in [0.25, 0.3) is 0 Å². The van der Waals surface area contributed by atoms with Crippen molar-refractivity contribution in [1.82, 2.24) is 4.98 Å². The second-order valence-electron chi connectivity index (χ2n) is 4.87. The largest absolute Gasteiger partial charge is 0.480 e. The summed E-state index contributed by atoms with van der Waals surface area (Å²) in [6.45, 7) is 0. The van der Waals surface area contributed by atoms with Crippen LogP contribution in [0, 0.1) is 0 Å². The van der Waals surface area contributed by atoms with Gasteiger partial charge in [0.1, 0.15) is 0 Å². The molecule has 0 bridgehead atoms. The fraction of sp³-hybridized carbons (Fsp3) is 0.0556. The zero-order valence-electron chi connectivity index (χ0n) is 11.4. The van der Waals surface area contributed by atoms with Gasteiger partial charge in [-0.1, -0.05) is 60.7 Å². The third-order valence-electron chi connectivity index (χ3n) is 3.74. The predicted molar refractivity (Wildman–Crippen MR) is 81.2 cm³/mol. The van der Waals surface area contributed by atoms with E-state index in [9.17, 15) is 9.90 Å². The van der Waals surface area contributed by atoms with E-state index in [1.54, 1.807) is 6.20 Å². The lowest BCUT2D eigenvalue weighted by Crippen LogP contribution is -2.38. The summed E-state index contributed by atoms with van der Waals surface area (Å²) in [6.07, 6.45) is 1.75. The molecule has 3 rings (SSSR count). The number of carbonyl (C=O) groups is 1. The highest BCUT2D eigenvalue weighted by Gasteiger charge is 2.44. The molecule has 3 nitrogen and oxygen atoms in total. The van der Waals surface area contributed by atoms with Gasteiger partial charge >= 0.3 is 5.97 Å². The molecule has 0 fully saturated rings. The SMILES string of the molecule is O=C(O)C(c1ccccc1)(c1ccccc1)c1ccc[nH]1. The van der Waals surface area contributed by atoms with Crippen molar-refractivity contribution in [3.8, 4) is 0 Å². The van der Waals surface area contributed by atoms with Crippen LogP contribution >= 0.6 is 0 Å². The summed E-state index contributed by atoms with van der Waals surface area (Å²) in [5.74, 6) is -0.901. The van der Waals surface area contributed by atoms with Crippen molar-refractivity contribution in [3.63, 3.8) is 0 Å². The quantitative estimate of drug-likeness (QED) is 0.767. The molecule has 0 spiro atoms. The number of aliphatic carboxylic acids is 1. The standard InChI is InChI=1S/C18H15NO2/c20-17(21)18(16-12-7-13-19-16,14-8-3-1-4-9-14)15-10-5-2-6-11-15/h1-13,19H,(H,20,21). The molecule has 104 valence electrons. The molecular weight excluding hydrogens is 262 g/mol. The Bertz CT molecular complexity index is 679. The normalized spacial score (nSPS) is 11.2. The molecular formula is C18H15NO2. The molecule has 0 radical (unpaired) electrons. The van der Waals surface area contributed by atoms with Crippen molar-refractivity contribution < 1.29 is 9.90 Å². The molecule has 0 atom stereocenters. The Balaban J connectivity index is 2.36. The number of aromatic amines is 1. The van der Waals surface area contributed by atoms with E-state index in [-0.39, 0.29) is 0 Å². The van der Waals surface area contributed by atoms with Gasteiger partial charge in [0.2, 0.25) is 0 Å². The summed E-state index contributed by atoms with van der Waals surface area (Å²) < 4.78 is 0. The van der Waals surface area contributed by atoms with Crippen molar-refractivity contribution >= 4 is 5.97 Å². The highest BCUT2D eigenvalue weighted by molar-refractivity contribution is 5.90. The first-order chi connectivity index (χ1) is 10.3. The summed E-state index contributed by atoms with van der Waals surface area (Å²) in [4.78, 5) is 15.4. The molecule has 21 heavy (non-hydrogen) atoms. The van der Waals surface area contributed by atoms with Gasteiger partial charge in [-0.25, -0.2) is 0 Å². The average Bonchev–Trinajstić information content (AvgIpc) is 3.04. The molecule has 1 aromatic heterocycles. The fourth-order valence-corrected chi connectivity index (χ4v) is 2.78. The van der Waals surface area contributed by atoms with E-state index < -0.39 is 11.4 Å². The maximum atomic E-state index is 12.3. The number of nitrogens with one attached hydrogen (secondary N) is 1. The maximum absolute atomic E-state index is 12.3. The molecule has 0 aliphatic carbocycles. The van der Waals surface area contributed by atoms with Gasteiger partial charge in [0, 0.05) is 11.9 Å². The molecule has 2 N–H and O–H groups in total. The Morgan fingerprint density at radius 3 is 1.71 bits per heavy atom. The topological polar surface area (TPSA) is 53.1 Å². The van der Waals surface area contributed by atoms with Crippen LogP contribution in [0.2, 0.25) is 0 Å². The third kappa shape index (κ3) is 2.03. The van der Waals surface area contributed by atoms with Crippen molar-refractivity contribution in [2.24, 2.45) is 0 Å². The first-order valence-corrected chi connectivity index (χ1v) is 6.74. The predicted octanol–water partition coefficient (Wildman–Crippen LogP) is 3.43. The number of benzene rings is 2. The smallest absolute Gasteiger partial charge is 0.324 e. The lowest BCUT2D eigenvalue weighted by molar-refractivity contribution is -0.140.